The van der Waals surface area contributed by atoms with E-state index in [4.69, 9.17) is 0 Å². The van der Waals surface area contributed by atoms with Crippen molar-refractivity contribution < 1.29 is 0 Å². The van der Waals surface area contributed by atoms with Gasteiger partial charge in [-0.3, -0.25) is 4.90 Å². The van der Waals surface area contributed by atoms with Crippen LogP contribution in [0.15, 0.2) is 24.3 Å². The van der Waals surface area contributed by atoms with Gasteiger partial charge in [-0.15, -0.1) is 5.92 Å². The summed E-state index contributed by atoms with van der Waals surface area (Å²) in [5.74, 6) is 6.42. The van der Waals surface area contributed by atoms with Crippen LogP contribution in [0, 0.1) is 11.8 Å². The Hall–Kier alpha value is -1.30. The molecule has 84 valence electrons. The summed E-state index contributed by atoms with van der Waals surface area (Å²) in [6, 6.07) is 8.65. The van der Waals surface area contributed by atoms with Gasteiger partial charge in [0.15, 0.2) is 0 Å². The molecule has 0 unspecified atom stereocenters. The first kappa shape index (κ1) is 11.2. The van der Waals surface area contributed by atoms with Gasteiger partial charge in [-0.1, -0.05) is 30.2 Å². The number of hydrogen-bond donors (Lipinski definition) is 1. The average Bonchev–Trinajstić information content (AvgIpc) is 2.71. The summed E-state index contributed by atoms with van der Waals surface area (Å²) in [5.41, 5.74) is 2.92. The highest BCUT2D eigenvalue weighted by atomic mass is 15.1. The van der Waals surface area contributed by atoms with Crippen molar-refractivity contribution in [1.29, 1.82) is 0 Å². The fourth-order valence-electron chi connectivity index (χ4n) is 1.96. The first-order chi connectivity index (χ1) is 7.90. The minimum absolute atomic E-state index is 0.887. The van der Waals surface area contributed by atoms with Crippen LogP contribution in [0.4, 0.5) is 0 Å². The van der Waals surface area contributed by atoms with Crippen molar-refractivity contribution in [1.82, 2.24) is 10.2 Å². The molecule has 2 nitrogen and oxygen atoms in total. The molecule has 2 heteroatoms. The van der Waals surface area contributed by atoms with E-state index < -0.39 is 0 Å². The van der Waals surface area contributed by atoms with E-state index in [1.54, 1.807) is 0 Å². The highest BCUT2D eigenvalue weighted by Gasteiger charge is 2.16. The minimum atomic E-state index is 0.887. The third kappa shape index (κ3) is 2.85. The van der Waals surface area contributed by atoms with E-state index in [0.717, 1.165) is 32.6 Å². The summed E-state index contributed by atoms with van der Waals surface area (Å²) in [4.78, 5) is 2.39. The molecule has 16 heavy (non-hydrogen) atoms. The summed E-state index contributed by atoms with van der Waals surface area (Å²) in [6.45, 7) is 3.97. The highest BCUT2D eigenvalue weighted by molar-refractivity contribution is 5.30. The van der Waals surface area contributed by atoms with Crippen LogP contribution in [0.3, 0.4) is 0 Å². The van der Waals surface area contributed by atoms with Gasteiger partial charge >= 0.3 is 0 Å². The molecule has 0 atom stereocenters. The Kier molecular flexibility index (Phi) is 3.98. The van der Waals surface area contributed by atoms with E-state index in [9.17, 15) is 0 Å². The molecule has 0 saturated carbocycles. The van der Waals surface area contributed by atoms with E-state index in [1.807, 2.05) is 7.05 Å². The first-order valence-corrected chi connectivity index (χ1v) is 5.79. The summed E-state index contributed by atoms with van der Waals surface area (Å²) in [5, 5.41) is 3.09. The minimum Gasteiger partial charge on any atom is -0.319 e. The van der Waals surface area contributed by atoms with Gasteiger partial charge in [0.25, 0.3) is 0 Å². The van der Waals surface area contributed by atoms with Crippen molar-refractivity contribution in [2.75, 3.05) is 20.1 Å². The van der Waals surface area contributed by atoms with Crippen molar-refractivity contribution in [3.63, 3.8) is 0 Å². The van der Waals surface area contributed by atoms with Gasteiger partial charge in [-0.2, -0.15) is 0 Å². The number of hydrogen-bond acceptors (Lipinski definition) is 2. The van der Waals surface area contributed by atoms with E-state index in [0.29, 0.717) is 0 Å². The topological polar surface area (TPSA) is 15.3 Å². The lowest BCUT2D eigenvalue weighted by Gasteiger charge is -2.09. The quantitative estimate of drug-likeness (QED) is 0.607. The Morgan fingerprint density at radius 3 is 2.50 bits per heavy atom. The second-order valence-corrected chi connectivity index (χ2v) is 4.12. The molecule has 0 fully saturated rings. The second kappa shape index (κ2) is 5.69. The summed E-state index contributed by atoms with van der Waals surface area (Å²) < 4.78 is 0. The van der Waals surface area contributed by atoms with E-state index in [2.05, 4.69) is 46.3 Å². The maximum Gasteiger partial charge on any atom is 0.0607 e. The molecule has 1 heterocycles. The molecule has 0 saturated heterocycles. The second-order valence-electron chi connectivity index (χ2n) is 4.12. The predicted molar refractivity (Wildman–Crippen MR) is 66.9 cm³/mol. The van der Waals surface area contributed by atoms with Crippen molar-refractivity contribution in [3.8, 4) is 11.8 Å². The third-order valence-electron chi connectivity index (χ3n) is 2.83. The molecule has 0 aliphatic carbocycles. The number of fused-ring (bicyclic) bond motifs is 1. The van der Waals surface area contributed by atoms with Crippen LogP contribution < -0.4 is 5.32 Å². The Balaban J connectivity index is 1.80. The Morgan fingerprint density at radius 2 is 1.88 bits per heavy atom. The fourth-order valence-corrected chi connectivity index (χ4v) is 1.96. The van der Waals surface area contributed by atoms with Crippen molar-refractivity contribution in [2.24, 2.45) is 0 Å². The van der Waals surface area contributed by atoms with Crippen molar-refractivity contribution >= 4 is 0 Å². The van der Waals surface area contributed by atoms with Crippen molar-refractivity contribution in [2.45, 2.75) is 19.5 Å². The van der Waals surface area contributed by atoms with Crippen LogP contribution in [0.25, 0.3) is 0 Å². The number of nitrogens with zero attached hydrogens (tertiary/aromatic N) is 1. The van der Waals surface area contributed by atoms with Crippen LogP contribution in [0.1, 0.15) is 17.5 Å². The van der Waals surface area contributed by atoms with Gasteiger partial charge in [0, 0.05) is 26.1 Å². The molecule has 1 N–H and O–H groups in total. The molecule has 2 rings (SSSR count). The van der Waals surface area contributed by atoms with Crippen LogP contribution in [-0.2, 0) is 13.1 Å². The zero-order valence-corrected chi connectivity index (χ0v) is 9.79. The van der Waals surface area contributed by atoms with Gasteiger partial charge < -0.3 is 5.32 Å². The molecular weight excluding hydrogens is 196 g/mol. The molecule has 1 aliphatic rings. The van der Waals surface area contributed by atoms with E-state index in [-0.39, 0.29) is 0 Å². The monoisotopic (exact) mass is 214 g/mol. The van der Waals surface area contributed by atoms with E-state index in [1.165, 1.54) is 11.1 Å². The molecular formula is C14H18N2. The molecule has 0 amide bonds. The van der Waals surface area contributed by atoms with Gasteiger partial charge in [-0.25, -0.2) is 0 Å². The number of nitrogens with one attached hydrogen (secondary N) is 1. The van der Waals surface area contributed by atoms with Crippen LogP contribution in [-0.4, -0.2) is 25.0 Å². The summed E-state index contributed by atoms with van der Waals surface area (Å²) >= 11 is 0. The first-order valence-electron chi connectivity index (χ1n) is 5.79. The zero-order chi connectivity index (χ0) is 11.2. The standard InChI is InChI=1S/C14H18N2/c1-15-9-5-2-6-10-16-11-13-7-3-4-8-14(13)12-16/h3-4,7-8,15H,5,9-12H2,1H3. The lowest BCUT2D eigenvalue weighted by atomic mass is 10.1. The molecule has 1 aromatic rings. The SMILES string of the molecule is CNCCC#CCN1Cc2ccccc2C1. The highest BCUT2D eigenvalue weighted by Crippen LogP contribution is 2.21. The Labute approximate surface area is 97.7 Å². The van der Waals surface area contributed by atoms with Crippen LogP contribution >= 0.6 is 0 Å². The van der Waals surface area contributed by atoms with Gasteiger partial charge in [0.1, 0.15) is 0 Å². The molecule has 0 aromatic heterocycles. The average molecular weight is 214 g/mol. The number of benzene rings is 1. The molecule has 0 spiro atoms. The molecule has 0 bridgehead atoms. The largest absolute Gasteiger partial charge is 0.319 e. The number of rotatable bonds is 3. The fraction of sp³-hybridized carbons (Fsp3) is 0.429. The lowest BCUT2D eigenvalue weighted by Crippen LogP contribution is -2.16. The van der Waals surface area contributed by atoms with E-state index >= 15 is 0 Å². The predicted octanol–water partition coefficient (Wildman–Crippen LogP) is 1.62. The molecule has 0 radical (unpaired) electrons. The Morgan fingerprint density at radius 1 is 1.19 bits per heavy atom. The molecule has 1 aliphatic heterocycles. The van der Waals surface area contributed by atoms with Gasteiger partial charge in [0.05, 0.1) is 6.54 Å². The maximum absolute atomic E-state index is 3.23. The van der Waals surface area contributed by atoms with Crippen LogP contribution in [0.2, 0.25) is 0 Å². The normalized spacial score (nSPS) is 14.3. The lowest BCUT2D eigenvalue weighted by molar-refractivity contribution is 0.322. The van der Waals surface area contributed by atoms with Gasteiger partial charge in [0.2, 0.25) is 0 Å². The smallest absolute Gasteiger partial charge is 0.0607 e. The van der Waals surface area contributed by atoms with Crippen LogP contribution in [0.5, 0.6) is 0 Å². The summed E-state index contributed by atoms with van der Waals surface area (Å²) in [7, 11) is 1.96. The third-order valence-corrected chi connectivity index (χ3v) is 2.83. The summed E-state index contributed by atoms with van der Waals surface area (Å²) in [6.07, 6.45) is 0.942. The Bertz CT molecular complexity index is 376. The molecule has 1 aromatic carbocycles. The van der Waals surface area contributed by atoms with Crippen molar-refractivity contribution in [3.05, 3.63) is 35.4 Å². The zero-order valence-electron chi connectivity index (χ0n) is 9.79. The maximum atomic E-state index is 3.23. The van der Waals surface area contributed by atoms with Gasteiger partial charge in [-0.05, 0) is 18.2 Å².